The predicted octanol–water partition coefficient (Wildman–Crippen LogP) is 7.15. The van der Waals surface area contributed by atoms with Gasteiger partial charge in [0.05, 0.1) is 17.0 Å². The SMILES string of the molecule is CCCCCCCCCCCCCCC(CC(F)(F)F)=NNc1ccc(S(N)(=O)=O)cc1. The first-order valence-electron chi connectivity index (χ1n) is 11.6. The van der Waals surface area contributed by atoms with Gasteiger partial charge in [-0.15, -0.1) is 0 Å². The number of unbranched alkanes of at least 4 members (excludes halogenated alkanes) is 11. The molecule has 5 nitrogen and oxygen atoms in total. The van der Waals surface area contributed by atoms with Gasteiger partial charge in [-0.2, -0.15) is 18.3 Å². The number of nitrogens with one attached hydrogen (secondary N) is 1. The van der Waals surface area contributed by atoms with E-state index < -0.39 is 22.6 Å². The number of primary sulfonamides is 1. The van der Waals surface area contributed by atoms with E-state index in [1.165, 1.54) is 75.6 Å². The van der Waals surface area contributed by atoms with Crippen molar-refractivity contribution >= 4 is 21.4 Å². The van der Waals surface area contributed by atoms with Crippen LogP contribution in [-0.4, -0.2) is 20.3 Å². The average Bonchev–Trinajstić information content (AvgIpc) is 2.71. The molecule has 0 fully saturated rings. The van der Waals surface area contributed by atoms with E-state index in [0.29, 0.717) is 12.1 Å². The maximum Gasteiger partial charge on any atom is 0.394 e. The number of rotatable bonds is 17. The Balaban J connectivity index is 2.34. The molecule has 0 aromatic heterocycles. The van der Waals surface area contributed by atoms with Crippen molar-refractivity contribution < 1.29 is 21.6 Å². The molecular formula is C23H38F3N3O2S. The molecule has 1 aromatic rings. The number of hydrazone groups is 1. The second-order valence-electron chi connectivity index (χ2n) is 8.29. The molecule has 0 radical (unpaired) electrons. The van der Waals surface area contributed by atoms with Crippen LogP contribution in [-0.2, 0) is 10.0 Å². The molecule has 0 unspecified atom stereocenters. The van der Waals surface area contributed by atoms with Crippen LogP contribution in [0.4, 0.5) is 18.9 Å². The van der Waals surface area contributed by atoms with Crippen LogP contribution in [0, 0.1) is 0 Å². The Morgan fingerprint density at radius 3 is 1.78 bits per heavy atom. The van der Waals surface area contributed by atoms with Crippen LogP contribution in [0.3, 0.4) is 0 Å². The zero-order chi connectivity index (χ0) is 23.9. The minimum atomic E-state index is -4.32. The van der Waals surface area contributed by atoms with Crippen molar-refractivity contribution in [2.75, 3.05) is 5.43 Å². The molecule has 0 amide bonds. The molecule has 3 N–H and O–H groups in total. The van der Waals surface area contributed by atoms with Gasteiger partial charge in [0, 0.05) is 5.71 Å². The van der Waals surface area contributed by atoms with E-state index in [-0.39, 0.29) is 17.0 Å². The Morgan fingerprint density at radius 2 is 1.34 bits per heavy atom. The summed E-state index contributed by atoms with van der Waals surface area (Å²) in [4.78, 5) is -0.0703. The van der Waals surface area contributed by atoms with Crippen molar-refractivity contribution in [2.24, 2.45) is 10.2 Å². The third kappa shape index (κ3) is 14.5. The van der Waals surface area contributed by atoms with Gasteiger partial charge in [-0.25, -0.2) is 13.6 Å². The van der Waals surface area contributed by atoms with Gasteiger partial charge < -0.3 is 0 Å². The number of hydrogen-bond acceptors (Lipinski definition) is 4. The summed E-state index contributed by atoms with van der Waals surface area (Å²) in [5.74, 6) is 0. The Hall–Kier alpha value is -1.61. The highest BCUT2D eigenvalue weighted by molar-refractivity contribution is 7.89. The van der Waals surface area contributed by atoms with Crippen molar-refractivity contribution in [3.05, 3.63) is 24.3 Å². The number of sulfonamides is 1. The second-order valence-corrected chi connectivity index (χ2v) is 9.85. The molecule has 0 aliphatic heterocycles. The first-order valence-corrected chi connectivity index (χ1v) is 13.2. The molecule has 0 aliphatic rings. The first-order chi connectivity index (χ1) is 15.1. The quantitative estimate of drug-likeness (QED) is 0.142. The highest BCUT2D eigenvalue weighted by Gasteiger charge is 2.29. The zero-order valence-corrected chi connectivity index (χ0v) is 19.9. The molecule has 0 heterocycles. The minimum absolute atomic E-state index is 0.0418. The number of benzene rings is 1. The number of nitrogens with zero attached hydrogens (tertiary/aromatic N) is 1. The number of halogens is 3. The second kappa shape index (κ2) is 15.3. The van der Waals surface area contributed by atoms with E-state index in [0.717, 1.165) is 19.3 Å². The van der Waals surface area contributed by atoms with Gasteiger partial charge in [0.25, 0.3) is 0 Å². The normalized spacial score (nSPS) is 12.8. The topological polar surface area (TPSA) is 84.5 Å². The largest absolute Gasteiger partial charge is 0.394 e. The summed E-state index contributed by atoms with van der Waals surface area (Å²) >= 11 is 0. The molecule has 0 atom stereocenters. The lowest BCUT2D eigenvalue weighted by atomic mass is 10.0. The minimum Gasteiger partial charge on any atom is -0.279 e. The fourth-order valence-electron chi connectivity index (χ4n) is 3.45. The summed E-state index contributed by atoms with van der Waals surface area (Å²) in [7, 11) is -3.82. The third-order valence-electron chi connectivity index (χ3n) is 5.25. The van der Waals surface area contributed by atoms with E-state index in [2.05, 4.69) is 17.5 Å². The van der Waals surface area contributed by atoms with Crippen LogP contribution in [0.15, 0.2) is 34.3 Å². The molecule has 0 bridgehead atoms. The van der Waals surface area contributed by atoms with Gasteiger partial charge in [0.15, 0.2) is 0 Å². The zero-order valence-electron chi connectivity index (χ0n) is 19.1. The van der Waals surface area contributed by atoms with Crippen LogP contribution in [0.1, 0.15) is 96.8 Å². The molecule has 0 saturated heterocycles. The van der Waals surface area contributed by atoms with Crippen molar-refractivity contribution in [3.8, 4) is 0 Å². The molecule has 1 rings (SSSR count). The summed E-state index contributed by atoms with van der Waals surface area (Å²) in [6, 6.07) is 5.39. The summed E-state index contributed by atoms with van der Waals surface area (Å²) in [6.45, 7) is 2.21. The van der Waals surface area contributed by atoms with E-state index in [1.54, 1.807) is 0 Å². The van der Waals surface area contributed by atoms with Gasteiger partial charge >= 0.3 is 6.18 Å². The molecule has 0 aliphatic carbocycles. The molecule has 32 heavy (non-hydrogen) atoms. The Kier molecular flexibility index (Phi) is 13.6. The highest BCUT2D eigenvalue weighted by atomic mass is 32.2. The highest BCUT2D eigenvalue weighted by Crippen LogP contribution is 2.23. The summed E-state index contributed by atoms with van der Waals surface area (Å²) in [6.07, 6.45) is 8.82. The molecule has 184 valence electrons. The summed E-state index contributed by atoms with van der Waals surface area (Å²) in [5, 5.41) is 8.96. The number of anilines is 1. The Bertz CT molecular complexity index is 764. The van der Waals surface area contributed by atoms with Gasteiger partial charge in [0.1, 0.15) is 0 Å². The van der Waals surface area contributed by atoms with E-state index in [4.69, 9.17) is 5.14 Å². The van der Waals surface area contributed by atoms with Gasteiger partial charge in [-0.1, -0.05) is 77.6 Å². The Labute approximate surface area is 191 Å². The smallest absolute Gasteiger partial charge is 0.279 e. The fourth-order valence-corrected chi connectivity index (χ4v) is 3.96. The molecule has 1 aromatic carbocycles. The van der Waals surface area contributed by atoms with E-state index in [9.17, 15) is 21.6 Å². The third-order valence-corrected chi connectivity index (χ3v) is 6.18. The van der Waals surface area contributed by atoms with Gasteiger partial charge in [-0.05, 0) is 37.1 Å². The molecule has 0 saturated carbocycles. The van der Waals surface area contributed by atoms with Crippen molar-refractivity contribution in [2.45, 2.75) is 108 Å². The van der Waals surface area contributed by atoms with Crippen LogP contribution in [0.5, 0.6) is 0 Å². The number of hydrogen-bond donors (Lipinski definition) is 2. The van der Waals surface area contributed by atoms with Gasteiger partial charge in [0.2, 0.25) is 10.0 Å². The standard InChI is InChI=1S/C23H38F3N3O2S/c1-2-3-4-5-6-7-8-9-10-11-12-13-14-21(19-23(24,25)26)29-28-20-15-17-22(18-16-20)32(27,30)31/h15-18,28H,2-14,19H2,1H3,(H2,27,30,31). The predicted molar refractivity (Wildman–Crippen MR) is 125 cm³/mol. The summed E-state index contributed by atoms with van der Waals surface area (Å²) < 4.78 is 61.1. The lowest BCUT2D eigenvalue weighted by Gasteiger charge is -2.11. The van der Waals surface area contributed by atoms with E-state index in [1.807, 2.05) is 0 Å². The van der Waals surface area contributed by atoms with Crippen molar-refractivity contribution in [1.82, 2.24) is 0 Å². The lowest BCUT2D eigenvalue weighted by molar-refractivity contribution is -0.121. The molecule has 9 heteroatoms. The van der Waals surface area contributed by atoms with Crippen LogP contribution in [0.25, 0.3) is 0 Å². The molecular weight excluding hydrogens is 439 g/mol. The monoisotopic (exact) mass is 477 g/mol. The van der Waals surface area contributed by atoms with Crippen molar-refractivity contribution in [3.63, 3.8) is 0 Å². The number of alkyl halides is 3. The lowest BCUT2D eigenvalue weighted by Crippen LogP contribution is -2.16. The fraction of sp³-hybridized carbons (Fsp3) is 0.696. The van der Waals surface area contributed by atoms with E-state index >= 15 is 0 Å². The average molecular weight is 478 g/mol. The first kappa shape index (κ1) is 28.4. The van der Waals surface area contributed by atoms with Crippen LogP contribution in [0.2, 0.25) is 0 Å². The maximum atomic E-state index is 12.9. The van der Waals surface area contributed by atoms with Crippen LogP contribution < -0.4 is 10.6 Å². The number of nitrogens with two attached hydrogens (primary N) is 1. The molecule has 0 spiro atoms. The Morgan fingerprint density at radius 1 is 0.875 bits per heavy atom. The van der Waals surface area contributed by atoms with Gasteiger partial charge in [-0.3, -0.25) is 5.43 Å². The maximum absolute atomic E-state index is 12.9. The summed E-state index contributed by atoms with van der Waals surface area (Å²) in [5.41, 5.74) is 3.03. The van der Waals surface area contributed by atoms with Crippen molar-refractivity contribution in [1.29, 1.82) is 0 Å². The van der Waals surface area contributed by atoms with Crippen LogP contribution >= 0.6 is 0 Å².